The average Bonchev–Trinajstić information content (AvgIpc) is 3.80. The number of amides is 1. The molecule has 5 rings (SSSR count). The van der Waals surface area contributed by atoms with Crippen LogP contribution in [0.25, 0.3) is 0 Å². The van der Waals surface area contributed by atoms with E-state index >= 15 is 0 Å². The Labute approximate surface area is 409 Å². The largest absolute Gasteiger partial charge is 0.479 e. The van der Waals surface area contributed by atoms with Gasteiger partial charge in [-0.05, 0) is 57.4 Å². The third-order valence-corrected chi connectivity index (χ3v) is 13.9. The number of nitrogens with one attached hydrogen (secondary N) is 1. The normalized spacial score (nSPS) is 32.4. The molecule has 15 atom stereocenters. The van der Waals surface area contributed by atoms with Gasteiger partial charge in [-0.3, -0.25) is 9.59 Å². The fourth-order valence-corrected chi connectivity index (χ4v) is 9.93. The molecule has 1 amide bonds. The van der Waals surface area contributed by atoms with E-state index < -0.39 is 111 Å². The lowest BCUT2D eigenvalue weighted by Crippen LogP contribution is -2.67. The number of carbonyl (C=O) groups is 3. The van der Waals surface area contributed by atoms with E-state index in [9.17, 15) is 45.0 Å². The first kappa shape index (κ1) is 58.0. The Kier molecular flexibility index (Phi) is 25.2. The first-order valence-electron chi connectivity index (χ1n) is 25.4. The topological polar surface area (TPSA) is 335 Å². The van der Waals surface area contributed by atoms with Crippen molar-refractivity contribution in [1.82, 2.24) is 20.3 Å². The summed E-state index contributed by atoms with van der Waals surface area (Å²) in [6.07, 6.45) is -5.85. The van der Waals surface area contributed by atoms with Gasteiger partial charge in [0, 0.05) is 12.3 Å². The maximum absolute atomic E-state index is 14.1. The van der Waals surface area contributed by atoms with Crippen molar-refractivity contribution in [3.05, 3.63) is 11.9 Å². The Morgan fingerprint density at radius 3 is 2.26 bits per heavy atom. The van der Waals surface area contributed by atoms with E-state index in [-0.39, 0.29) is 63.5 Å². The van der Waals surface area contributed by atoms with E-state index in [1.807, 2.05) is 6.92 Å². The van der Waals surface area contributed by atoms with Gasteiger partial charge in [-0.1, -0.05) is 63.5 Å². The number of ether oxygens (including phenoxy) is 8. The summed E-state index contributed by atoms with van der Waals surface area (Å²) in [6, 6.07) is -1.42. The molecule has 10 N–H and O–H groups in total. The summed E-state index contributed by atoms with van der Waals surface area (Å²) >= 11 is 0. The molecule has 0 radical (unpaired) electrons. The predicted molar refractivity (Wildman–Crippen MR) is 245 cm³/mol. The molecule has 402 valence electrons. The summed E-state index contributed by atoms with van der Waals surface area (Å²) in [5, 5.41) is 85.0. The van der Waals surface area contributed by atoms with Crippen molar-refractivity contribution in [3.63, 3.8) is 0 Å². The second kappa shape index (κ2) is 30.4. The highest BCUT2D eigenvalue weighted by Crippen LogP contribution is 2.40. The Hall–Kier alpha value is -2.85. The molecule has 4 fully saturated rings. The van der Waals surface area contributed by atoms with Gasteiger partial charge in [0.05, 0.1) is 77.4 Å². The molecule has 0 aromatic carbocycles. The lowest BCUT2D eigenvalue weighted by atomic mass is 9.74. The number of hydrogen-bond acceptors (Lipinski definition) is 20. The number of nitrogens with zero attached hydrogens (tertiary/aromatic N) is 3. The van der Waals surface area contributed by atoms with Gasteiger partial charge in [0.1, 0.15) is 60.7 Å². The highest BCUT2D eigenvalue weighted by atomic mass is 16.7. The van der Waals surface area contributed by atoms with Crippen molar-refractivity contribution in [3.8, 4) is 0 Å². The molecule has 6 unspecified atom stereocenters. The number of hydrogen-bond donors (Lipinski definition) is 9. The van der Waals surface area contributed by atoms with E-state index in [2.05, 4.69) is 15.6 Å². The number of carbonyl (C=O) groups excluding carboxylic acids is 2. The molecular formula is C47H81N5O18. The minimum atomic E-state index is -1.66. The zero-order valence-electron chi connectivity index (χ0n) is 40.8. The molecule has 23 nitrogen and oxygen atoms in total. The van der Waals surface area contributed by atoms with Crippen molar-refractivity contribution in [1.29, 1.82) is 0 Å². The van der Waals surface area contributed by atoms with Crippen molar-refractivity contribution < 1.29 is 88.0 Å². The van der Waals surface area contributed by atoms with Crippen LogP contribution < -0.4 is 11.1 Å². The van der Waals surface area contributed by atoms with Crippen molar-refractivity contribution in [2.75, 3.05) is 52.8 Å². The zero-order valence-corrected chi connectivity index (χ0v) is 40.8. The van der Waals surface area contributed by atoms with Crippen LogP contribution in [-0.4, -0.2) is 201 Å². The summed E-state index contributed by atoms with van der Waals surface area (Å²) < 4.78 is 49.3. The molecular weight excluding hydrogens is 923 g/mol. The number of ketones is 1. The SMILES string of the molecule is CCC1CC(C(=O)CCCCCCN)C[C@@H](O[C@@H]2O[C@@H](CO)[C@H](O)C(O[C@@H](CC3CCCCC3)C(=O)O)C2NC(=O)Cn2cc(COCCOCCOCCO)nn2)[C@@H]1O[C@@H]1OC(C)[C@@H](O)[C@H](O)C1O. The smallest absolute Gasteiger partial charge is 0.332 e. The number of nitrogens with two attached hydrogens (primary N) is 1. The maximum atomic E-state index is 14.1. The predicted octanol–water partition coefficient (Wildman–Crippen LogP) is -0.296. The van der Waals surface area contributed by atoms with Crippen LogP contribution in [0, 0.1) is 17.8 Å². The molecule has 70 heavy (non-hydrogen) atoms. The first-order valence-corrected chi connectivity index (χ1v) is 25.4. The van der Waals surface area contributed by atoms with Gasteiger partial charge in [-0.15, -0.1) is 5.10 Å². The van der Waals surface area contributed by atoms with Crippen LogP contribution in [0.5, 0.6) is 0 Å². The van der Waals surface area contributed by atoms with Crippen LogP contribution in [0.2, 0.25) is 0 Å². The second-order valence-electron chi connectivity index (χ2n) is 19.1. The van der Waals surface area contributed by atoms with Gasteiger partial charge >= 0.3 is 5.97 Å². The second-order valence-corrected chi connectivity index (χ2v) is 19.1. The van der Waals surface area contributed by atoms with Gasteiger partial charge in [-0.25, -0.2) is 9.48 Å². The molecule has 1 aromatic heterocycles. The molecule has 4 aliphatic rings. The number of carboxylic acid groups (broad SMARTS) is 1. The van der Waals surface area contributed by atoms with E-state index in [0.717, 1.165) is 51.4 Å². The molecule has 0 spiro atoms. The fraction of sp³-hybridized carbons (Fsp3) is 0.894. The molecule has 2 aliphatic heterocycles. The van der Waals surface area contributed by atoms with Crippen LogP contribution in [-0.2, 0) is 65.4 Å². The summed E-state index contributed by atoms with van der Waals surface area (Å²) in [5.74, 6) is -2.80. The lowest BCUT2D eigenvalue weighted by Gasteiger charge is -2.49. The standard InChI is InChI=1S/C47H81N5O18/c1-3-30-22-31(33(55)13-9-4-5-10-14-48)23-34(43(30)70-47-42(60)41(59)39(57)28(2)66-47)68-46-38(44(40(58)36(26-54)69-46)67-35(45(61)62)21-29-11-7-6-8-12-29)49-37(56)25-52-24-32(50-51-52)27-65-20-19-64-18-17-63-16-15-53/h24,28-31,34-36,38-44,46-47,53-54,57-60H,3-23,25-27,48H2,1-2H3,(H,49,56)(H,61,62)/t28?,30?,31?,34-,35+,36+,38?,39-,40+,41+,42?,43-,44?,46-,47+/m1/s1. The Morgan fingerprint density at radius 1 is 0.857 bits per heavy atom. The molecule has 2 aliphatic carbocycles. The monoisotopic (exact) mass is 1000 g/mol. The Bertz CT molecular complexity index is 1680. The number of aliphatic hydroxyl groups is 6. The van der Waals surface area contributed by atoms with E-state index in [4.69, 9.17) is 48.7 Å². The van der Waals surface area contributed by atoms with Crippen molar-refractivity contribution in [2.45, 2.75) is 197 Å². The van der Waals surface area contributed by atoms with Gasteiger partial charge in [-0.2, -0.15) is 0 Å². The lowest BCUT2D eigenvalue weighted by molar-refractivity contribution is -0.338. The fourth-order valence-electron chi connectivity index (χ4n) is 9.93. The molecule has 1 aromatic rings. The third kappa shape index (κ3) is 17.4. The van der Waals surface area contributed by atoms with Gasteiger partial charge in [0.2, 0.25) is 5.91 Å². The van der Waals surface area contributed by atoms with Gasteiger partial charge in [0.15, 0.2) is 18.7 Å². The van der Waals surface area contributed by atoms with E-state index in [1.165, 1.54) is 17.8 Å². The summed E-state index contributed by atoms with van der Waals surface area (Å²) in [5.41, 5.74) is 6.09. The van der Waals surface area contributed by atoms with Crippen molar-refractivity contribution in [2.24, 2.45) is 23.5 Å². The number of rotatable bonds is 31. The number of carboxylic acids is 1. The highest BCUT2D eigenvalue weighted by Gasteiger charge is 2.53. The summed E-state index contributed by atoms with van der Waals surface area (Å²) in [4.78, 5) is 41.0. The number of aromatic nitrogens is 3. The van der Waals surface area contributed by atoms with Crippen LogP contribution in [0.4, 0.5) is 0 Å². The quantitative estimate of drug-likeness (QED) is 0.0431. The highest BCUT2D eigenvalue weighted by molar-refractivity contribution is 5.81. The average molecular weight is 1000 g/mol. The molecule has 2 saturated heterocycles. The van der Waals surface area contributed by atoms with E-state index in [0.29, 0.717) is 51.1 Å². The van der Waals surface area contributed by atoms with Crippen LogP contribution in [0.15, 0.2) is 6.20 Å². The van der Waals surface area contributed by atoms with Crippen LogP contribution in [0.1, 0.15) is 109 Å². The van der Waals surface area contributed by atoms with Gasteiger partial charge in [0.25, 0.3) is 0 Å². The van der Waals surface area contributed by atoms with E-state index in [1.54, 1.807) is 0 Å². The Balaban J connectivity index is 1.41. The number of aliphatic carboxylic acids is 1. The molecule has 2 saturated carbocycles. The molecule has 23 heteroatoms. The number of aliphatic hydroxyl groups excluding tert-OH is 6. The van der Waals surface area contributed by atoms with Crippen LogP contribution >= 0.6 is 0 Å². The van der Waals surface area contributed by atoms with Crippen molar-refractivity contribution >= 4 is 17.7 Å². The summed E-state index contributed by atoms with van der Waals surface area (Å²) in [7, 11) is 0. The first-order chi connectivity index (χ1) is 33.8. The number of Topliss-reactive ketones (excluding diaryl/α,β-unsaturated/α-hetero) is 1. The minimum absolute atomic E-state index is 0.0111. The Morgan fingerprint density at radius 2 is 1.57 bits per heavy atom. The molecule has 3 heterocycles. The number of unbranched alkanes of at least 4 members (excludes halogenated alkanes) is 3. The van der Waals surface area contributed by atoms with Gasteiger partial charge < -0.3 is 84.7 Å². The maximum Gasteiger partial charge on any atom is 0.332 e. The third-order valence-electron chi connectivity index (χ3n) is 13.9. The minimum Gasteiger partial charge on any atom is -0.479 e. The molecule has 0 bridgehead atoms. The summed E-state index contributed by atoms with van der Waals surface area (Å²) in [6.45, 7) is 4.24. The zero-order chi connectivity index (χ0) is 50.6. The van der Waals surface area contributed by atoms with Crippen LogP contribution in [0.3, 0.4) is 0 Å².